The molecule has 0 aliphatic rings. The molecule has 29 heavy (non-hydrogen) atoms. The number of carbonyl (C=O) groups excluding carboxylic acids is 3. The third-order valence-electron chi connectivity index (χ3n) is 3.73. The van der Waals surface area contributed by atoms with Crippen LogP contribution in [0.5, 0.6) is 0 Å². The van der Waals surface area contributed by atoms with Crippen LogP contribution < -0.4 is 21.7 Å². The third kappa shape index (κ3) is 10.7. The molecule has 12 nitrogen and oxygen atoms in total. The van der Waals surface area contributed by atoms with Gasteiger partial charge in [0.25, 0.3) is 0 Å². The molecule has 0 saturated carbocycles. The zero-order valence-corrected chi connectivity index (χ0v) is 17.0. The fraction of sp³-hybridized carbons (Fsp3) is 0.688. The number of carboxylic acid groups (broad SMARTS) is 2. The van der Waals surface area contributed by atoms with E-state index in [0.717, 1.165) is 0 Å². The summed E-state index contributed by atoms with van der Waals surface area (Å²) < 4.78 is 0. The van der Waals surface area contributed by atoms with Crippen molar-refractivity contribution in [2.75, 3.05) is 18.6 Å². The Hall–Kier alpha value is -2.38. The first-order valence-corrected chi connectivity index (χ1v) is 10.1. The number of aliphatic carboxylic acids is 2. The number of aliphatic hydroxyl groups is 1. The lowest BCUT2D eigenvalue weighted by molar-refractivity contribution is -0.143. The SMILES string of the molecule is CSCCC(NC(=O)C(C)N)C(=O)NC(CO)C(=O)NC(CCC(=O)O)C(=O)O. The van der Waals surface area contributed by atoms with Crippen LogP contribution >= 0.6 is 11.8 Å². The van der Waals surface area contributed by atoms with Crippen LogP contribution in [-0.2, 0) is 24.0 Å². The van der Waals surface area contributed by atoms with Crippen molar-refractivity contribution >= 4 is 41.4 Å². The van der Waals surface area contributed by atoms with Gasteiger partial charge >= 0.3 is 11.9 Å². The Bertz CT molecular complexity index is 601. The van der Waals surface area contributed by atoms with Gasteiger partial charge in [-0.15, -0.1) is 0 Å². The van der Waals surface area contributed by atoms with Gasteiger partial charge in [-0.25, -0.2) is 4.79 Å². The lowest BCUT2D eigenvalue weighted by Crippen LogP contribution is -2.58. The molecule has 0 fully saturated rings. The van der Waals surface area contributed by atoms with Crippen molar-refractivity contribution in [3.63, 3.8) is 0 Å². The van der Waals surface area contributed by atoms with E-state index >= 15 is 0 Å². The highest BCUT2D eigenvalue weighted by Crippen LogP contribution is 2.03. The van der Waals surface area contributed by atoms with Crippen LogP contribution in [-0.4, -0.2) is 87.8 Å². The van der Waals surface area contributed by atoms with E-state index in [2.05, 4.69) is 16.0 Å². The zero-order valence-electron chi connectivity index (χ0n) is 16.2. The second-order valence-electron chi connectivity index (χ2n) is 6.21. The highest BCUT2D eigenvalue weighted by atomic mass is 32.2. The summed E-state index contributed by atoms with van der Waals surface area (Å²) >= 11 is 1.43. The maximum absolute atomic E-state index is 12.5. The Labute approximate surface area is 172 Å². The lowest BCUT2D eigenvalue weighted by Gasteiger charge is -2.23. The van der Waals surface area contributed by atoms with Crippen molar-refractivity contribution in [3.05, 3.63) is 0 Å². The summed E-state index contributed by atoms with van der Waals surface area (Å²) in [5.41, 5.74) is 5.47. The summed E-state index contributed by atoms with van der Waals surface area (Å²) in [6.45, 7) is 0.603. The molecule has 0 heterocycles. The summed E-state index contributed by atoms with van der Waals surface area (Å²) in [7, 11) is 0. The van der Waals surface area contributed by atoms with Crippen molar-refractivity contribution in [1.82, 2.24) is 16.0 Å². The van der Waals surface area contributed by atoms with Gasteiger partial charge in [-0.05, 0) is 31.8 Å². The number of amides is 3. The Kier molecular flexibility index (Phi) is 12.6. The molecule has 8 N–H and O–H groups in total. The quantitative estimate of drug-likeness (QED) is 0.152. The summed E-state index contributed by atoms with van der Waals surface area (Å²) in [4.78, 5) is 58.2. The molecule has 0 spiro atoms. The predicted molar refractivity (Wildman–Crippen MR) is 104 cm³/mol. The van der Waals surface area contributed by atoms with Crippen LogP contribution in [0.4, 0.5) is 0 Å². The van der Waals surface area contributed by atoms with Crippen LogP contribution in [0.1, 0.15) is 26.2 Å². The highest BCUT2D eigenvalue weighted by Gasteiger charge is 2.29. The van der Waals surface area contributed by atoms with Gasteiger partial charge in [0.2, 0.25) is 17.7 Å². The van der Waals surface area contributed by atoms with Crippen LogP contribution in [0, 0.1) is 0 Å². The van der Waals surface area contributed by atoms with E-state index in [1.54, 1.807) is 6.26 Å². The normalized spacial score (nSPS) is 14.8. The minimum Gasteiger partial charge on any atom is -0.481 e. The number of hydrogen-bond donors (Lipinski definition) is 7. The van der Waals surface area contributed by atoms with E-state index in [9.17, 15) is 29.1 Å². The van der Waals surface area contributed by atoms with Crippen molar-refractivity contribution < 1.29 is 39.3 Å². The number of nitrogens with two attached hydrogens (primary N) is 1. The number of thioether (sulfide) groups is 1. The molecule has 0 rings (SSSR count). The van der Waals surface area contributed by atoms with Gasteiger partial charge in [-0.2, -0.15) is 11.8 Å². The first-order valence-electron chi connectivity index (χ1n) is 8.74. The average molecular weight is 436 g/mol. The fourth-order valence-corrected chi connectivity index (χ4v) is 2.54. The van der Waals surface area contributed by atoms with Crippen LogP contribution in [0.2, 0.25) is 0 Å². The number of hydrogen-bond acceptors (Lipinski definition) is 8. The van der Waals surface area contributed by atoms with Gasteiger partial charge in [-0.1, -0.05) is 0 Å². The largest absolute Gasteiger partial charge is 0.481 e. The molecule has 4 atom stereocenters. The minimum absolute atomic E-state index is 0.238. The molecule has 0 aliphatic heterocycles. The number of nitrogens with one attached hydrogen (secondary N) is 3. The van der Waals surface area contributed by atoms with E-state index in [1.807, 2.05) is 0 Å². The van der Waals surface area contributed by atoms with Crippen molar-refractivity contribution in [2.24, 2.45) is 5.73 Å². The summed E-state index contributed by atoms with van der Waals surface area (Å²) in [5.74, 6) is -4.50. The molecule has 0 bridgehead atoms. The molecular weight excluding hydrogens is 408 g/mol. The van der Waals surface area contributed by atoms with Gasteiger partial charge in [0.15, 0.2) is 0 Å². The molecule has 13 heteroatoms. The molecule has 166 valence electrons. The lowest BCUT2D eigenvalue weighted by atomic mass is 10.1. The maximum atomic E-state index is 12.5. The smallest absolute Gasteiger partial charge is 0.326 e. The fourth-order valence-electron chi connectivity index (χ4n) is 2.07. The van der Waals surface area contributed by atoms with Gasteiger partial charge in [0, 0.05) is 6.42 Å². The van der Waals surface area contributed by atoms with Gasteiger partial charge < -0.3 is 37.0 Å². The van der Waals surface area contributed by atoms with E-state index in [1.165, 1.54) is 18.7 Å². The summed E-state index contributed by atoms with van der Waals surface area (Å²) in [6, 6.07) is -4.86. The Balaban J connectivity index is 5.09. The molecule has 3 amide bonds. The zero-order chi connectivity index (χ0) is 22.6. The molecule has 0 saturated heterocycles. The van der Waals surface area contributed by atoms with E-state index in [0.29, 0.717) is 5.75 Å². The molecular formula is C16H28N4O8S. The monoisotopic (exact) mass is 436 g/mol. The van der Waals surface area contributed by atoms with Crippen LogP contribution in [0.3, 0.4) is 0 Å². The van der Waals surface area contributed by atoms with Crippen molar-refractivity contribution in [2.45, 2.75) is 50.4 Å². The standard InChI is InChI=1S/C16H28N4O8S/c1-8(17)13(24)18-9(5-6-29-2)14(25)20-11(7-21)15(26)19-10(16(27)28)3-4-12(22)23/h8-11,21H,3-7,17H2,1-2H3,(H,18,24)(H,19,26)(H,20,25)(H,22,23)(H,27,28). The van der Waals surface area contributed by atoms with Crippen LogP contribution in [0.15, 0.2) is 0 Å². The highest BCUT2D eigenvalue weighted by molar-refractivity contribution is 7.98. The van der Waals surface area contributed by atoms with E-state index in [-0.39, 0.29) is 12.8 Å². The Morgan fingerprint density at radius 2 is 1.41 bits per heavy atom. The second kappa shape index (κ2) is 13.7. The predicted octanol–water partition coefficient (Wildman–Crippen LogP) is -2.52. The maximum Gasteiger partial charge on any atom is 0.326 e. The minimum atomic E-state index is -1.50. The number of carboxylic acids is 2. The van der Waals surface area contributed by atoms with Crippen molar-refractivity contribution in [3.8, 4) is 0 Å². The first kappa shape index (κ1) is 26.6. The van der Waals surface area contributed by atoms with E-state index in [4.69, 9.17) is 15.9 Å². The molecule has 4 unspecified atom stereocenters. The van der Waals surface area contributed by atoms with Gasteiger partial charge in [0.05, 0.1) is 12.6 Å². The molecule has 0 aliphatic carbocycles. The molecule has 0 aromatic rings. The molecule has 0 radical (unpaired) electrons. The number of rotatable bonds is 14. The Morgan fingerprint density at radius 1 is 0.897 bits per heavy atom. The molecule has 0 aromatic heterocycles. The second-order valence-corrected chi connectivity index (χ2v) is 7.19. The van der Waals surface area contributed by atoms with Crippen LogP contribution in [0.25, 0.3) is 0 Å². The molecule has 0 aromatic carbocycles. The Morgan fingerprint density at radius 3 is 1.86 bits per heavy atom. The van der Waals surface area contributed by atoms with Crippen molar-refractivity contribution in [1.29, 1.82) is 0 Å². The third-order valence-corrected chi connectivity index (χ3v) is 4.38. The summed E-state index contributed by atoms with van der Waals surface area (Å²) in [5, 5.41) is 33.9. The first-order chi connectivity index (χ1) is 13.5. The topological polar surface area (TPSA) is 208 Å². The number of aliphatic hydroxyl groups excluding tert-OH is 1. The number of carbonyl (C=O) groups is 5. The van der Waals surface area contributed by atoms with E-state index < -0.39 is 66.9 Å². The summed E-state index contributed by atoms with van der Waals surface area (Å²) in [6.07, 6.45) is 1.17. The average Bonchev–Trinajstić information content (AvgIpc) is 2.65. The van der Waals surface area contributed by atoms with Gasteiger partial charge in [-0.3, -0.25) is 19.2 Å². The van der Waals surface area contributed by atoms with Gasteiger partial charge in [0.1, 0.15) is 18.1 Å².